The second kappa shape index (κ2) is 6.47. The molecular formula is C11H15ClFNO3S. The van der Waals surface area contributed by atoms with E-state index in [0.717, 1.165) is 12.1 Å². The SMILES string of the molecule is CCC(COC)NS(=O)(=O)c1ccc(F)c(Cl)c1. The number of nitrogens with one attached hydrogen (secondary N) is 1. The molecule has 0 aliphatic carbocycles. The number of hydrogen-bond acceptors (Lipinski definition) is 3. The van der Waals surface area contributed by atoms with Crippen molar-refractivity contribution in [3.05, 3.63) is 29.0 Å². The first kappa shape index (κ1) is 15.4. The highest BCUT2D eigenvalue weighted by Crippen LogP contribution is 2.19. The quantitative estimate of drug-likeness (QED) is 0.875. The molecular weight excluding hydrogens is 281 g/mol. The van der Waals surface area contributed by atoms with Crippen LogP contribution >= 0.6 is 11.6 Å². The molecule has 0 saturated heterocycles. The maximum Gasteiger partial charge on any atom is 0.240 e. The molecule has 1 atom stereocenters. The molecule has 0 saturated carbocycles. The third-order valence-corrected chi connectivity index (χ3v) is 4.19. The zero-order chi connectivity index (χ0) is 13.8. The minimum absolute atomic E-state index is 0.0662. The van der Waals surface area contributed by atoms with E-state index in [4.69, 9.17) is 16.3 Å². The third-order valence-electron chi connectivity index (χ3n) is 2.38. The number of hydrogen-bond donors (Lipinski definition) is 1. The summed E-state index contributed by atoms with van der Waals surface area (Å²) < 4.78 is 44.3. The molecule has 1 aromatic rings. The Bertz CT molecular complexity index is 507. The molecule has 102 valence electrons. The van der Waals surface area contributed by atoms with E-state index in [0.29, 0.717) is 6.42 Å². The Morgan fingerprint density at radius 3 is 2.67 bits per heavy atom. The molecule has 0 aliphatic heterocycles. The van der Waals surface area contributed by atoms with Crippen molar-refractivity contribution in [3.63, 3.8) is 0 Å². The highest BCUT2D eigenvalue weighted by atomic mass is 35.5. The van der Waals surface area contributed by atoms with E-state index in [2.05, 4.69) is 4.72 Å². The molecule has 1 rings (SSSR count). The maximum absolute atomic E-state index is 13.0. The number of rotatable bonds is 6. The first-order valence-electron chi connectivity index (χ1n) is 5.37. The molecule has 0 amide bonds. The monoisotopic (exact) mass is 295 g/mol. The largest absolute Gasteiger partial charge is 0.383 e. The molecule has 1 N–H and O–H groups in total. The van der Waals surface area contributed by atoms with Crippen molar-refractivity contribution in [2.45, 2.75) is 24.3 Å². The van der Waals surface area contributed by atoms with E-state index < -0.39 is 15.8 Å². The van der Waals surface area contributed by atoms with Crippen LogP contribution in [0.3, 0.4) is 0 Å². The van der Waals surface area contributed by atoms with E-state index in [-0.39, 0.29) is 22.6 Å². The van der Waals surface area contributed by atoms with Crippen molar-refractivity contribution < 1.29 is 17.5 Å². The average molecular weight is 296 g/mol. The van der Waals surface area contributed by atoms with Crippen LogP contribution in [0.25, 0.3) is 0 Å². The van der Waals surface area contributed by atoms with Crippen LogP contribution in [0.5, 0.6) is 0 Å². The van der Waals surface area contributed by atoms with Crippen LogP contribution in [-0.4, -0.2) is 28.2 Å². The van der Waals surface area contributed by atoms with Gasteiger partial charge in [0, 0.05) is 13.2 Å². The van der Waals surface area contributed by atoms with Gasteiger partial charge in [-0.25, -0.2) is 17.5 Å². The summed E-state index contributed by atoms with van der Waals surface area (Å²) in [6.45, 7) is 2.11. The van der Waals surface area contributed by atoms with Gasteiger partial charge in [0.2, 0.25) is 10.0 Å². The van der Waals surface area contributed by atoms with Crippen LogP contribution in [0.2, 0.25) is 5.02 Å². The van der Waals surface area contributed by atoms with Gasteiger partial charge in [-0.2, -0.15) is 0 Å². The molecule has 1 unspecified atom stereocenters. The van der Waals surface area contributed by atoms with Gasteiger partial charge >= 0.3 is 0 Å². The van der Waals surface area contributed by atoms with Crippen molar-refractivity contribution in [3.8, 4) is 0 Å². The normalized spacial score (nSPS) is 13.6. The van der Waals surface area contributed by atoms with E-state index in [9.17, 15) is 12.8 Å². The molecule has 0 bridgehead atoms. The zero-order valence-corrected chi connectivity index (χ0v) is 11.7. The lowest BCUT2D eigenvalue weighted by atomic mass is 10.3. The summed E-state index contributed by atoms with van der Waals surface area (Å²) in [7, 11) is -2.22. The topological polar surface area (TPSA) is 55.4 Å². The summed E-state index contributed by atoms with van der Waals surface area (Å²) in [5.74, 6) is -0.653. The molecule has 18 heavy (non-hydrogen) atoms. The molecule has 0 heterocycles. The predicted octanol–water partition coefficient (Wildman–Crippen LogP) is 2.18. The maximum atomic E-state index is 13.0. The van der Waals surface area contributed by atoms with E-state index in [1.54, 1.807) is 0 Å². The smallest absolute Gasteiger partial charge is 0.240 e. The van der Waals surface area contributed by atoms with E-state index in [1.807, 2.05) is 6.92 Å². The summed E-state index contributed by atoms with van der Waals surface area (Å²) in [6.07, 6.45) is 0.585. The number of sulfonamides is 1. The molecule has 7 heteroatoms. The Kier molecular flexibility index (Phi) is 5.52. The summed E-state index contributed by atoms with van der Waals surface area (Å²) in [5, 5.41) is -0.224. The lowest BCUT2D eigenvalue weighted by Crippen LogP contribution is -2.37. The van der Waals surface area contributed by atoms with Gasteiger partial charge < -0.3 is 4.74 Å². The molecule has 4 nitrogen and oxygen atoms in total. The van der Waals surface area contributed by atoms with Gasteiger partial charge in [0.25, 0.3) is 0 Å². The second-order valence-electron chi connectivity index (χ2n) is 3.76. The van der Waals surface area contributed by atoms with Crippen molar-refractivity contribution in [2.24, 2.45) is 0 Å². The first-order chi connectivity index (χ1) is 8.40. The van der Waals surface area contributed by atoms with Crippen molar-refractivity contribution in [2.75, 3.05) is 13.7 Å². The Hall–Kier alpha value is -0.690. The lowest BCUT2D eigenvalue weighted by molar-refractivity contribution is 0.173. The average Bonchev–Trinajstić information content (AvgIpc) is 2.31. The Morgan fingerprint density at radius 2 is 2.17 bits per heavy atom. The lowest BCUT2D eigenvalue weighted by Gasteiger charge is -2.16. The zero-order valence-electron chi connectivity index (χ0n) is 10.1. The third kappa shape index (κ3) is 3.91. The van der Waals surface area contributed by atoms with Crippen LogP contribution < -0.4 is 4.72 Å². The van der Waals surface area contributed by atoms with Crippen molar-refractivity contribution in [1.29, 1.82) is 0 Å². The standard InChI is InChI=1S/C11H15ClFNO3S/c1-3-8(7-17-2)14-18(15,16)9-4-5-11(13)10(12)6-9/h4-6,8,14H,3,7H2,1-2H3. The van der Waals surface area contributed by atoms with E-state index >= 15 is 0 Å². The van der Waals surface area contributed by atoms with Gasteiger partial charge in [0.05, 0.1) is 16.5 Å². The Morgan fingerprint density at radius 1 is 1.50 bits per heavy atom. The van der Waals surface area contributed by atoms with Crippen LogP contribution in [0.1, 0.15) is 13.3 Å². The minimum atomic E-state index is -3.71. The van der Waals surface area contributed by atoms with E-state index in [1.165, 1.54) is 13.2 Å². The Labute approximate surface area is 111 Å². The molecule has 0 aliphatic rings. The molecule has 0 spiro atoms. The molecule has 0 aromatic heterocycles. The highest BCUT2D eigenvalue weighted by Gasteiger charge is 2.19. The number of benzene rings is 1. The number of halogens is 2. The van der Waals surface area contributed by atoms with Gasteiger partial charge in [0.1, 0.15) is 5.82 Å². The fourth-order valence-electron chi connectivity index (χ4n) is 1.37. The van der Waals surface area contributed by atoms with Gasteiger partial charge in [0.15, 0.2) is 0 Å². The van der Waals surface area contributed by atoms with Crippen LogP contribution in [0.4, 0.5) is 4.39 Å². The summed E-state index contributed by atoms with van der Waals surface area (Å²) >= 11 is 5.56. The number of ether oxygens (including phenoxy) is 1. The van der Waals surface area contributed by atoms with Crippen LogP contribution in [0.15, 0.2) is 23.1 Å². The van der Waals surface area contributed by atoms with Gasteiger partial charge in [-0.15, -0.1) is 0 Å². The fraction of sp³-hybridized carbons (Fsp3) is 0.455. The van der Waals surface area contributed by atoms with Crippen molar-refractivity contribution in [1.82, 2.24) is 4.72 Å². The van der Waals surface area contributed by atoms with Gasteiger partial charge in [-0.1, -0.05) is 18.5 Å². The molecule has 0 radical (unpaired) electrons. The summed E-state index contributed by atoms with van der Waals surface area (Å²) in [6, 6.07) is 2.94. The number of methoxy groups -OCH3 is 1. The van der Waals surface area contributed by atoms with Gasteiger partial charge in [-0.05, 0) is 24.6 Å². The Balaban J connectivity index is 2.95. The summed E-state index contributed by atoms with van der Waals surface area (Å²) in [4.78, 5) is -0.0662. The molecule has 0 fully saturated rings. The van der Waals surface area contributed by atoms with Crippen molar-refractivity contribution >= 4 is 21.6 Å². The van der Waals surface area contributed by atoms with Crippen LogP contribution in [0, 0.1) is 5.82 Å². The predicted molar refractivity (Wildman–Crippen MR) is 67.7 cm³/mol. The minimum Gasteiger partial charge on any atom is -0.383 e. The highest BCUT2D eigenvalue weighted by molar-refractivity contribution is 7.89. The first-order valence-corrected chi connectivity index (χ1v) is 7.23. The van der Waals surface area contributed by atoms with Gasteiger partial charge in [-0.3, -0.25) is 0 Å². The second-order valence-corrected chi connectivity index (χ2v) is 5.88. The summed E-state index contributed by atoms with van der Waals surface area (Å²) in [5.41, 5.74) is 0. The van der Waals surface area contributed by atoms with Crippen LogP contribution in [-0.2, 0) is 14.8 Å². The molecule has 1 aromatic carbocycles. The fourth-order valence-corrected chi connectivity index (χ4v) is 2.94.